The number of nitrogens with two attached hydrogens (primary N) is 1. The Morgan fingerprint density at radius 2 is 2.33 bits per heavy atom. The van der Waals surface area contributed by atoms with Crippen molar-refractivity contribution < 1.29 is 28.7 Å². The molecule has 2 aliphatic rings. The van der Waals surface area contributed by atoms with Gasteiger partial charge in [-0.2, -0.15) is 5.53 Å². The van der Waals surface area contributed by atoms with Crippen LogP contribution < -0.4 is 16.7 Å². The molecule has 1 fully saturated rings. The highest BCUT2D eigenvalue weighted by atomic mass is 31.2. The normalized spacial score (nSPS) is 25.9. The van der Waals surface area contributed by atoms with Crippen molar-refractivity contribution in [2.45, 2.75) is 25.1 Å². The first kappa shape index (κ1) is 18.6. The van der Waals surface area contributed by atoms with Gasteiger partial charge in [-0.15, -0.1) is 0 Å². The zero-order chi connectivity index (χ0) is 18.1. The van der Waals surface area contributed by atoms with Gasteiger partial charge in [-0.25, -0.2) is 0 Å². The smallest absolute Gasteiger partial charge is 0.351 e. The van der Waals surface area contributed by atoms with Crippen molar-refractivity contribution in [3.63, 3.8) is 0 Å². The number of nitrogens with one attached hydrogen (secondary N) is 2. The Labute approximate surface area is 138 Å². The van der Waals surface area contributed by atoms with Crippen LogP contribution in [0.5, 0.6) is 0 Å². The number of nitrogens with zero attached hydrogens (tertiary/aromatic N) is 2. The summed E-state index contributed by atoms with van der Waals surface area (Å²) < 4.78 is 16.4. The zero-order valence-corrected chi connectivity index (χ0v) is 14.1. The Kier molecular flexibility index (Phi) is 5.14. The molecule has 0 radical (unpaired) electrons. The van der Waals surface area contributed by atoms with Gasteiger partial charge in [0.2, 0.25) is 12.1 Å². The Morgan fingerprint density at radius 1 is 1.67 bits per heavy atom. The molecule has 0 aromatic heterocycles. The largest absolute Gasteiger partial charge is 0.373 e. The first-order valence-corrected chi connectivity index (χ1v) is 8.76. The summed E-state index contributed by atoms with van der Waals surface area (Å²) in [5.41, 5.74) is 2.41. The van der Waals surface area contributed by atoms with E-state index in [1.807, 2.05) is 11.4 Å². The van der Waals surface area contributed by atoms with E-state index in [4.69, 9.17) is 20.4 Å². The summed E-state index contributed by atoms with van der Waals surface area (Å²) in [6, 6.07) is -0.166. The molecule has 1 aliphatic heterocycles. The summed E-state index contributed by atoms with van der Waals surface area (Å²) in [6.45, 7) is 1.56. The second kappa shape index (κ2) is 6.63. The maximum absolute atomic E-state index is 11.5. The minimum absolute atomic E-state index is 0.166. The molecule has 0 aromatic carbocycles. The number of hydrogen-bond acceptors (Lipinski definition) is 8. The molecule has 0 saturated carbocycles. The third-order valence-corrected chi connectivity index (χ3v) is 4.32. The fraction of sp³-hybridized carbons (Fsp3) is 0.500. The third-order valence-electron chi connectivity index (χ3n) is 3.86. The second-order valence-electron chi connectivity index (χ2n) is 5.58. The molecule has 0 bridgehead atoms. The molecule has 24 heavy (non-hydrogen) atoms. The summed E-state index contributed by atoms with van der Waals surface area (Å²) in [5.74, 6) is 4.86. The predicted molar refractivity (Wildman–Crippen MR) is 82.1 cm³/mol. The molecule has 0 spiro atoms. The average Bonchev–Trinajstić information content (AvgIpc) is 2.91. The molecule has 2 rings (SSSR count). The summed E-state index contributed by atoms with van der Waals surface area (Å²) in [7, 11) is -2.58. The lowest BCUT2D eigenvalue weighted by Gasteiger charge is -2.27. The van der Waals surface area contributed by atoms with Crippen molar-refractivity contribution in [1.82, 2.24) is 20.8 Å². The quantitative estimate of drug-likeness (QED) is 0.0842. The van der Waals surface area contributed by atoms with Crippen molar-refractivity contribution in [3.05, 3.63) is 23.5 Å². The Morgan fingerprint density at radius 3 is 2.88 bits per heavy atom. The first-order chi connectivity index (χ1) is 11.1. The summed E-state index contributed by atoms with van der Waals surface area (Å²) in [6.07, 6.45) is 3.34. The van der Waals surface area contributed by atoms with Gasteiger partial charge in [0.05, 0.1) is 11.7 Å². The highest BCUT2D eigenvalue weighted by Crippen LogP contribution is 2.55. The van der Waals surface area contributed by atoms with Crippen molar-refractivity contribution in [3.8, 4) is 0 Å². The maximum atomic E-state index is 11.5. The Hall–Kier alpha value is -1.75. The average molecular weight is 361 g/mol. The van der Waals surface area contributed by atoms with Crippen molar-refractivity contribution in [2.24, 2.45) is 5.84 Å². The summed E-state index contributed by atoms with van der Waals surface area (Å²) in [4.78, 5) is 41.5. The number of amides is 2. The van der Waals surface area contributed by atoms with Crippen LogP contribution in [-0.2, 0) is 18.9 Å². The zero-order valence-electron chi connectivity index (χ0n) is 13.2. The van der Waals surface area contributed by atoms with Crippen LogP contribution in [0.3, 0.4) is 0 Å². The van der Waals surface area contributed by atoms with E-state index in [0.717, 1.165) is 0 Å². The van der Waals surface area contributed by atoms with E-state index in [1.54, 1.807) is 25.1 Å². The van der Waals surface area contributed by atoms with E-state index in [1.165, 1.54) is 5.01 Å². The van der Waals surface area contributed by atoms with Gasteiger partial charge in [0.1, 0.15) is 0 Å². The summed E-state index contributed by atoms with van der Waals surface area (Å²) in [5, 5.41) is 3.52. The summed E-state index contributed by atoms with van der Waals surface area (Å²) >= 11 is 0. The SMILES string of the molecule is C/C(=C/N(C)C1C=C2N(NN)C2(OCP(=O)(O)O)C1)C(=O)NC=O. The van der Waals surface area contributed by atoms with E-state index in [9.17, 15) is 14.2 Å². The Bertz CT molecular complexity index is 646. The number of imide groups is 1. The number of carbonyl (C=O) groups is 2. The number of fused-ring (bicyclic) bond motifs is 1. The lowest BCUT2D eigenvalue weighted by molar-refractivity contribution is -0.122. The number of rotatable bonds is 8. The van der Waals surface area contributed by atoms with Gasteiger partial charge in [-0.3, -0.25) is 30.3 Å². The van der Waals surface area contributed by atoms with Crippen LogP contribution in [0.25, 0.3) is 0 Å². The van der Waals surface area contributed by atoms with Gasteiger partial charge in [0, 0.05) is 25.2 Å². The standard InChI is InChI=1S/C12H20N5O6P/c1-8(11(19)14-6-18)5-16(2)9-3-10-12(4-9,17(10)15-13)23-7-24(20,21)22/h3,5-6,9,15H,4,7,13H2,1-2H3,(H,14,18,19)(H2,20,21,22)/b8-5-. The van der Waals surface area contributed by atoms with Gasteiger partial charge in [-0.05, 0) is 13.0 Å². The molecule has 134 valence electrons. The minimum Gasteiger partial charge on any atom is -0.373 e. The number of hydrogen-bond donors (Lipinski definition) is 5. The van der Waals surface area contributed by atoms with Crippen LogP contribution in [0.15, 0.2) is 23.5 Å². The Balaban J connectivity index is 2.06. The van der Waals surface area contributed by atoms with Crippen molar-refractivity contribution in [2.75, 3.05) is 13.4 Å². The van der Waals surface area contributed by atoms with Crippen LogP contribution in [0.1, 0.15) is 13.3 Å². The monoisotopic (exact) mass is 361 g/mol. The minimum atomic E-state index is -4.31. The van der Waals surface area contributed by atoms with Crippen LogP contribution in [-0.4, -0.2) is 57.2 Å². The molecule has 1 heterocycles. The molecule has 12 heteroatoms. The van der Waals surface area contributed by atoms with Gasteiger partial charge < -0.3 is 19.4 Å². The van der Waals surface area contributed by atoms with Gasteiger partial charge in [-0.1, -0.05) is 0 Å². The van der Waals surface area contributed by atoms with E-state index in [0.29, 0.717) is 24.1 Å². The van der Waals surface area contributed by atoms with Gasteiger partial charge in [0.25, 0.3) is 5.91 Å². The molecule has 2 atom stereocenters. The molecule has 11 nitrogen and oxygen atoms in total. The molecule has 1 saturated heterocycles. The highest BCUT2D eigenvalue weighted by Gasteiger charge is 2.65. The lowest BCUT2D eigenvalue weighted by Crippen LogP contribution is -2.40. The maximum Gasteiger partial charge on any atom is 0.351 e. The van der Waals surface area contributed by atoms with Crippen LogP contribution in [0.4, 0.5) is 0 Å². The number of hydrazine groups is 2. The molecular weight excluding hydrogens is 341 g/mol. The highest BCUT2D eigenvalue weighted by molar-refractivity contribution is 7.51. The van der Waals surface area contributed by atoms with Crippen LogP contribution in [0, 0.1) is 0 Å². The number of carbonyl (C=O) groups excluding carboxylic acids is 2. The van der Waals surface area contributed by atoms with Gasteiger partial charge >= 0.3 is 7.60 Å². The topological polar surface area (TPSA) is 157 Å². The van der Waals surface area contributed by atoms with E-state index in [2.05, 4.69) is 5.53 Å². The molecule has 1 aliphatic carbocycles. The number of ether oxygens (including phenoxy) is 1. The van der Waals surface area contributed by atoms with E-state index < -0.39 is 25.6 Å². The number of likely N-dealkylation sites (N-methyl/N-ethyl adjacent to an activating group) is 1. The van der Waals surface area contributed by atoms with E-state index >= 15 is 0 Å². The lowest BCUT2D eigenvalue weighted by atomic mass is 10.2. The molecule has 6 N–H and O–H groups in total. The van der Waals surface area contributed by atoms with E-state index in [-0.39, 0.29) is 6.04 Å². The third kappa shape index (κ3) is 3.66. The van der Waals surface area contributed by atoms with Crippen molar-refractivity contribution in [1.29, 1.82) is 0 Å². The first-order valence-electron chi connectivity index (χ1n) is 6.97. The van der Waals surface area contributed by atoms with Crippen molar-refractivity contribution >= 4 is 19.9 Å². The van der Waals surface area contributed by atoms with Crippen LogP contribution >= 0.6 is 7.60 Å². The fourth-order valence-corrected chi connectivity index (χ4v) is 3.04. The second-order valence-corrected chi connectivity index (χ2v) is 7.17. The van der Waals surface area contributed by atoms with Crippen LogP contribution in [0.2, 0.25) is 0 Å². The molecule has 2 unspecified atom stereocenters. The molecule has 2 amide bonds. The fourth-order valence-electron chi connectivity index (χ4n) is 2.66. The molecule has 0 aromatic rings. The van der Waals surface area contributed by atoms with Gasteiger partial charge in [0.15, 0.2) is 6.35 Å². The molecular formula is C12H20N5O6P. The predicted octanol–water partition coefficient (Wildman–Crippen LogP) is -1.71.